The zero-order valence-corrected chi connectivity index (χ0v) is 12.9. The van der Waals surface area contributed by atoms with Crippen molar-refractivity contribution in [3.8, 4) is 5.75 Å². The van der Waals surface area contributed by atoms with E-state index in [9.17, 15) is 5.11 Å². The summed E-state index contributed by atoms with van der Waals surface area (Å²) in [5.41, 5.74) is 3.32. The van der Waals surface area contributed by atoms with E-state index in [1.165, 1.54) is 31.6 Å². The van der Waals surface area contributed by atoms with Gasteiger partial charge < -0.3 is 10.4 Å². The molecule has 21 heavy (non-hydrogen) atoms. The predicted octanol–water partition coefficient (Wildman–Crippen LogP) is 1.67. The predicted molar refractivity (Wildman–Crippen MR) is 87.2 cm³/mol. The maximum Gasteiger partial charge on any atom is 0.121 e. The Bertz CT molecular complexity index is 494. The Hall–Kier alpha value is -0.995. The van der Waals surface area contributed by atoms with Gasteiger partial charge in [-0.25, -0.2) is 0 Å². The van der Waals surface area contributed by atoms with Crippen LogP contribution in [-0.2, 0) is 12.8 Å². The van der Waals surface area contributed by atoms with Gasteiger partial charge in [-0.1, -0.05) is 18.5 Å². The molecule has 4 heteroatoms. The number of benzene rings is 1. The van der Waals surface area contributed by atoms with Crippen molar-refractivity contribution in [2.45, 2.75) is 38.5 Å². The molecular formula is C17H25BN2O. The first kappa shape index (κ1) is 14.9. The second kappa shape index (κ2) is 6.41. The van der Waals surface area contributed by atoms with E-state index in [0.717, 1.165) is 42.5 Å². The van der Waals surface area contributed by atoms with Crippen molar-refractivity contribution in [2.75, 3.05) is 26.2 Å². The van der Waals surface area contributed by atoms with Gasteiger partial charge in [0.2, 0.25) is 0 Å². The van der Waals surface area contributed by atoms with E-state index in [0.29, 0.717) is 12.1 Å². The lowest BCUT2D eigenvalue weighted by Crippen LogP contribution is -2.53. The maximum atomic E-state index is 10.3. The van der Waals surface area contributed by atoms with Gasteiger partial charge in [-0.15, -0.1) is 0 Å². The maximum absolute atomic E-state index is 10.3. The molecule has 0 aliphatic carbocycles. The van der Waals surface area contributed by atoms with Gasteiger partial charge in [-0.3, -0.25) is 4.90 Å². The lowest BCUT2D eigenvalue weighted by molar-refractivity contribution is 0.0608. The van der Waals surface area contributed by atoms with Gasteiger partial charge in [0.25, 0.3) is 0 Å². The van der Waals surface area contributed by atoms with Crippen molar-refractivity contribution in [2.24, 2.45) is 5.92 Å². The molecule has 1 aromatic carbocycles. The topological polar surface area (TPSA) is 35.5 Å². The van der Waals surface area contributed by atoms with Crippen LogP contribution in [0.3, 0.4) is 0 Å². The van der Waals surface area contributed by atoms with E-state index in [-0.39, 0.29) is 0 Å². The molecule has 2 N–H and O–H groups in total. The Balaban J connectivity index is 1.57. The van der Waals surface area contributed by atoms with Crippen molar-refractivity contribution in [3.05, 3.63) is 28.8 Å². The molecule has 0 amide bonds. The number of phenols is 1. The molecule has 1 unspecified atom stereocenters. The minimum absolute atomic E-state index is 0.453. The van der Waals surface area contributed by atoms with Gasteiger partial charge in [-0.2, -0.15) is 0 Å². The van der Waals surface area contributed by atoms with Crippen LogP contribution in [0.1, 0.15) is 23.1 Å². The number of rotatable bonds is 5. The average Bonchev–Trinajstić information content (AvgIpc) is 2.94. The van der Waals surface area contributed by atoms with Gasteiger partial charge in [-0.05, 0) is 55.3 Å². The van der Waals surface area contributed by atoms with Crippen LogP contribution >= 0.6 is 0 Å². The van der Waals surface area contributed by atoms with E-state index in [2.05, 4.69) is 16.3 Å². The minimum Gasteiger partial charge on any atom is -0.507 e. The number of nitrogens with zero attached hydrogens (tertiary/aromatic N) is 1. The zero-order valence-electron chi connectivity index (χ0n) is 12.9. The van der Waals surface area contributed by atoms with Gasteiger partial charge in [0.15, 0.2) is 0 Å². The van der Waals surface area contributed by atoms with Crippen LogP contribution in [0.2, 0.25) is 6.32 Å². The highest BCUT2D eigenvalue weighted by atomic mass is 16.3. The van der Waals surface area contributed by atoms with Gasteiger partial charge in [0, 0.05) is 25.7 Å². The first-order valence-corrected chi connectivity index (χ1v) is 8.14. The highest BCUT2D eigenvalue weighted by Crippen LogP contribution is 2.31. The van der Waals surface area contributed by atoms with Crippen LogP contribution in [0, 0.1) is 12.8 Å². The molecule has 2 aliphatic rings. The van der Waals surface area contributed by atoms with Gasteiger partial charge >= 0.3 is 0 Å². The molecule has 2 radical (unpaired) electrons. The molecule has 0 aromatic heterocycles. The Morgan fingerprint density at radius 1 is 1.33 bits per heavy atom. The first-order chi connectivity index (χ1) is 10.2. The molecule has 0 saturated carbocycles. The largest absolute Gasteiger partial charge is 0.507 e. The first-order valence-electron chi connectivity index (χ1n) is 8.14. The van der Waals surface area contributed by atoms with E-state index in [1.807, 2.05) is 13.0 Å². The summed E-state index contributed by atoms with van der Waals surface area (Å²) in [6.45, 7) is 6.76. The quantitative estimate of drug-likeness (QED) is 0.807. The fraction of sp³-hybridized carbons (Fsp3) is 0.647. The van der Waals surface area contributed by atoms with Crippen LogP contribution in [0.15, 0.2) is 12.1 Å². The number of aromatic hydroxyl groups is 1. The number of hydrogen-bond donors (Lipinski definition) is 2. The van der Waals surface area contributed by atoms with Crippen LogP contribution < -0.4 is 5.32 Å². The van der Waals surface area contributed by atoms with Crippen molar-refractivity contribution in [3.63, 3.8) is 0 Å². The van der Waals surface area contributed by atoms with E-state index in [4.69, 9.17) is 7.85 Å². The standard InChI is InChI=1S/C17H25BN2O/c1-12-15(3-2-14(4-6-18)17(12)21)8-13-10-20(11-13)16-5-7-19-9-16/h2-3,13,16,19,21H,4-11H2,1H3. The van der Waals surface area contributed by atoms with Crippen molar-refractivity contribution < 1.29 is 5.11 Å². The summed E-state index contributed by atoms with van der Waals surface area (Å²) in [6, 6.07) is 4.98. The third kappa shape index (κ3) is 3.11. The summed E-state index contributed by atoms with van der Waals surface area (Å²) in [4.78, 5) is 2.60. The summed E-state index contributed by atoms with van der Waals surface area (Å²) in [5.74, 6) is 1.19. The van der Waals surface area contributed by atoms with Crippen molar-refractivity contribution >= 4 is 7.85 Å². The summed E-state index contributed by atoms with van der Waals surface area (Å²) >= 11 is 0. The number of likely N-dealkylation sites (tertiary alicyclic amines) is 1. The highest BCUT2D eigenvalue weighted by Gasteiger charge is 2.33. The molecule has 0 bridgehead atoms. The van der Waals surface area contributed by atoms with E-state index in [1.54, 1.807) is 0 Å². The molecule has 2 heterocycles. The number of aryl methyl sites for hydroxylation is 1. The minimum atomic E-state index is 0.453. The molecule has 3 nitrogen and oxygen atoms in total. The average molecular weight is 284 g/mol. The smallest absolute Gasteiger partial charge is 0.121 e. The zero-order chi connectivity index (χ0) is 14.8. The molecule has 2 aliphatic heterocycles. The monoisotopic (exact) mass is 284 g/mol. The van der Waals surface area contributed by atoms with Crippen LogP contribution in [0.4, 0.5) is 0 Å². The summed E-state index contributed by atoms with van der Waals surface area (Å²) in [5, 5.41) is 13.7. The van der Waals surface area contributed by atoms with Crippen LogP contribution in [0.5, 0.6) is 5.75 Å². The molecule has 3 rings (SSSR count). The molecule has 0 spiro atoms. The Labute approximate surface area is 129 Å². The molecule has 1 atom stereocenters. The Morgan fingerprint density at radius 2 is 2.10 bits per heavy atom. The third-order valence-electron chi connectivity index (χ3n) is 5.09. The molecule has 2 saturated heterocycles. The summed E-state index contributed by atoms with van der Waals surface area (Å²) < 4.78 is 0. The Kier molecular flexibility index (Phi) is 4.55. The summed E-state index contributed by atoms with van der Waals surface area (Å²) in [7, 11) is 5.58. The van der Waals surface area contributed by atoms with E-state index < -0.39 is 0 Å². The van der Waals surface area contributed by atoms with E-state index >= 15 is 0 Å². The summed E-state index contributed by atoms with van der Waals surface area (Å²) in [6.07, 6.45) is 3.71. The number of phenolic OH excluding ortho intramolecular Hbond substituents is 1. The van der Waals surface area contributed by atoms with Crippen molar-refractivity contribution in [1.29, 1.82) is 0 Å². The fourth-order valence-corrected chi connectivity index (χ4v) is 3.68. The fourth-order valence-electron chi connectivity index (χ4n) is 3.68. The second-order valence-corrected chi connectivity index (χ2v) is 6.57. The third-order valence-corrected chi connectivity index (χ3v) is 5.09. The van der Waals surface area contributed by atoms with Crippen LogP contribution in [0.25, 0.3) is 0 Å². The lowest BCUT2D eigenvalue weighted by Gasteiger charge is -2.43. The second-order valence-electron chi connectivity index (χ2n) is 6.57. The lowest BCUT2D eigenvalue weighted by atomic mass is 9.87. The SMILES string of the molecule is [B]CCc1ccc(CC2CN(C3CCNC3)C2)c(C)c1O. The molecular weight excluding hydrogens is 259 g/mol. The van der Waals surface area contributed by atoms with Gasteiger partial charge in [0.1, 0.15) is 5.75 Å². The normalized spacial score (nSPS) is 23.4. The van der Waals surface area contributed by atoms with Gasteiger partial charge in [0.05, 0.1) is 7.85 Å². The van der Waals surface area contributed by atoms with Crippen molar-refractivity contribution in [1.82, 2.24) is 10.2 Å². The Morgan fingerprint density at radius 3 is 2.76 bits per heavy atom. The highest BCUT2D eigenvalue weighted by molar-refractivity contribution is 6.08. The molecule has 112 valence electrons. The number of hydrogen-bond acceptors (Lipinski definition) is 3. The molecule has 1 aromatic rings. The molecule has 2 fully saturated rings. The van der Waals surface area contributed by atoms with Crippen LogP contribution in [-0.4, -0.2) is 50.1 Å². The number of nitrogens with one attached hydrogen (secondary N) is 1.